The van der Waals surface area contributed by atoms with E-state index in [0.717, 1.165) is 44.3 Å². The van der Waals surface area contributed by atoms with Gasteiger partial charge in [-0.2, -0.15) is 4.31 Å². The molecule has 0 aromatic heterocycles. The Morgan fingerprint density at radius 3 is 2.24 bits per heavy atom. The molecule has 2 aliphatic heterocycles. The van der Waals surface area contributed by atoms with Gasteiger partial charge < -0.3 is 10.6 Å². The minimum Gasteiger partial charge on any atom is -0.343 e. The number of sulfonamides is 1. The molecule has 2 heterocycles. The molecule has 0 atom stereocenters. The molecule has 0 spiro atoms. The molecule has 0 bridgehead atoms. The van der Waals surface area contributed by atoms with Gasteiger partial charge in [0, 0.05) is 38.6 Å². The highest BCUT2D eigenvalue weighted by molar-refractivity contribution is 7.89. The number of piperidine rings is 1. The average molecular weight is 365 g/mol. The summed E-state index contributed by atoms with van der Waals surface area (Å²) in [5.41, 5.74) is 6.85. The maximum atomic E-state index is 12.5. The molecule has 1 aromatic rings. The third-order valence-corrected chi connectivity index (χ3v) is 7.06. The lowest BCUT2D eigenvalue weighted by Crippen LogP contribution is -2.42. The molecule has 6 nitrogen and oxygen atoms in total. The third kappa shape index (κ3) is 4.40. The van der Waals surface area contributed by atoms with E-state index in [-0.39, 0.29) is 11.9 Å². The molecule has 0 radical (unpaired) electrons. The molecule has 138 valence electrons. The molecular formula is C18H27N3O3S. The Labute approximate surface area is 150 Å². The Morgan fingerprint density at radius 1 is 1.04 bits per heavy atom. The van der Waals surface area contributed by atoms with Crippen LogP contribution in [0.15, 0.2) is 29.2 Å². The summed E-state index contributed by atoms with van der Waals surface area (Å²) >= 11 is 0. The van der Waals surface area contributed by atoms with E-state index in [9.17, 15) is 13.2 Å². The number of hydrogen-bond donors (Lipinski definition) is 1. The first-order valence-corrected chi connectivity index (χ1v) is 10.5. The normalized spacial score (nSPS) is 20.1. The Kier molecular flexibility index (Phi) is 5.76. The Bertz CT molecular complexity index is 689. The van der Waals surface area contributed by atoms with Gasteiger partial charge in [0.2, 0.25) is 15.9 Å². The lowest BCUT2D eigenvalue weighted by Gasteiger charge is -2.30. The maximum absolute atomic E-state index is 12.5. The second kappa shape index (κ2) is 7.85. The van der Waals surface area contributed by atoms with Crippen molar-refractivity contribution in [1.82, 2.24) is 9.21 Å². The predicted molar refractivity (Wildman–Crippen MR) is 96.5 cm³/mol. The van der Waals surface area contributed by atoms with Crippen LogP contribution in [0.1, 0.15) is 37.7 Å². The summed E-state index contributed by atoms with van der Waals surface area (Å²) in [6.45, 7) is 2.70. The summed E-state index contributed by atoms with van der Waals surface area (Å²) in [5, 5.41) is 0. The van der Waals surface area contributed by atoms with Gasteiger partial charge in [-0.3, -0.25) is 4.79 Å². The predicted octanol–water partition coefficient (Wildman–Crippen LogP) is 1.35. The summed E-state index contributed by atoms with van der Waals surface area (Å²) in [4.78, 5) is 14.5. The molecular weight excluding hydrogens is 338 g/mol. The van der Waals surface area contributed by atoms with Crippen LogP contribution in [0.2, 0.25) is 0 Å². The second-order valence-corrected chi connectivity index (χ2v) is 8.91. The van der Waals surface area contributed by atoms with E-state index in [1.54, 1.807) is 16.4 Å². The van der Waals surface area contributed by atoms with Crippen molar-refractivity contribution >= 4 is 15.9 Å². The minimum atomic E-state index is -3.36. The minimum absolute atomic E-state index is 0.153. The molecule has 0 saturated carbocycles. The lowest BCUT2D eigenvalue weighted by atomic mass is 10.0. The molecule has 1 amide bonds. The van der Waals surface area contributed by atoms with Crippen LogP contribution >= 0.6 is 0 Å². The number of benzene rings is 1. The van der Waals surface area contributed by atoms with Crippen LogP contribution in [-0.4, -0.2) is 55.8 Å². The molecule has 2 fully saturated rings. The first kappa shape index (κ1) is 18.4. The molecule has 25 heavy (non-hydrogen) atoms. The summed E-state index contributed by atoms with van der Waals surface area (Å²) < 4.78 is 26.5. The standard InChI is InChI=1S/C18H27N3O3S/c19-16-9-13-20(14-10-16)18(22)8-5-15-3-6-17(7-4-15)25(23,24)21-11-1-2-12-21/h3-4,6-7,16H,1-2,5,8-14,19H2. The summed E-state index contributed by atoms with van der Waals surface area (Å²) in [7, 11) is -3.36. The first-order valence-electron chi connectivity index (χ1n) is 9.09. The zero-order valence-corrected chi connectivity index (χ0v) is 15.4. The van der Waals surface area contributed by atoms with Crippen LogP contribution in [-0.2, 0) is 21.2 Å². The number of hydrogen-bond acceptors (Lipinski definition) is 4. The largest absolute Gasteiger partial charge is 0.343 e. The van der Waals surface area contributed by atoms with Gasteiger partial charge in [-0.15, -0.1) is 0 Å². The van der Waals surface area contributed by atoms with Gasteiger partial charge >= 0.3 is 0 Å². The van der Waals surface area contributed by atoms with Crippen LogP contribution in [0.3, 0.4) is 0 Å². The zero-order chi connectivity index (χ0) is 17.9. The Morgan fingerprint density at radius 2 is 1.64 bits per heavy atom. The fourth-order valence-electron chi connectivity index (χ4n) is 3.46. The smallest absolute Gasteiger partial charge is 0.243 e. The van der Waals surface area contributed by atoms with Crippen LogP contribution in [0.5, 0.6) is 0 Å². The van der Waals surface area contributed by atoms with Gasteiger partial charge in [-0.05, 0) is 49.8 Å². The van der Waals surface area contributed by atoms with E-state index in [1.165, 1.54) is 0 Å². The van der Waals surface area contributed by atoms with Crippen molar-refractivity contribution in [2.24, 2.45) is 5.73 Å². The fourth-order valence-corrected chi connectivity index (χ4v) is 4.98. The van der Waals surface area contributed by atoms with E-state index in [1.807, 2.05) is 17.0 Å². The Balaban J connectivity index is 1.55. The molecule has 2 N–H and O–H groups in total. The van der Waals surface area contributed by atoms with Gasteiger partial charge in [0.05, 0.1) is 4.90 Å². The molecule has 2 aliphatic rings. The fraction of sp³-hybridized carbons (Fsp3) is 0.611. The highest BCUT2D eigenvalue weighted by Gasteiger charge is 2.27. The molecule has 1 aromatic carbocycles. The summed E-state index contributed by atoms with van der Waals surface area (Å²) in [6, 6.07) is 7.18. The SMILES string of the molecule is NC1CCN(C(=O)CCc2ccc(S(=O)(=O)N3CCCC3)cc2)CC1. The second-order valence-electron chi connectivity index (χ2n) is 6.97. The maximum Gasteiger partial charge on any atom is 0.243 e. The van der Waals surface area contributed by atoms with Crippen molar-refractivity contribution in [3.8, 4) is 0 Å². The monoisotopic (exact) mass is 365 g/mol. The van der Waals surface area contributed by atoms with Gasteiger partial charge in [-0.1, -0.05) is 12.1 Å². The van der Waals surface area contributed by atoms with E-state index in [0.29, 0.717) is 30.8 Å². The highest BCUT2D eigenvalue weighted by atomic mass is 32.2. The van der Waals surface area contributed by atoms with Crippen molar-refractivity contribution < 1.29 is 13.2 Å². The number of amides is 1. The number of aryl methyl sites for hydroxylation is 1. The van der Waals surface area contributed by atoms with Crippen LogP contribution in [0.4, 0.5) is 0 Å². The van der Waals surface area contributed by atoms with Gasteiger partial charge in [0.25, 0.3) is 0 Å². The highest BCUT2D eigenvalue weighted by Crippen LogP contribution is 2.21. The van der Waals surface area contributed by atoms with Crippen molar-refractivity contribution in [3.63, 3.8) is 0 Å². The number of likely N-dealkylation sites (tertiary alicyclic amines) is 1. The summed E-state index contributed by atoms with van der Waals surface area (Å²) in [5.74, 6) is 0.153. The molecule has 0 unspecified atom stereocenters. The number of carbonyl (C=O) groups is 1. The van der Waals surface area contributed by atoms with E-state index in [4.69, 9.17) is 5.73 Å². The van der Waals surface area contributed by atoms with E-state index >= 15 is 0 Å². The third-order valence-electron chi connectivity index (χ3n) is 5.15. The van der Waals surface area contributed by atoms with Crippen LogP contribution in [0, 0.1) is 0 Å². The number of carbonyl (C=O) groups excluding carboxylic acids is 1. The van der Waals surface area contributed by atoms with Crippen LogP contribution in [0.25, 0.3) is 0 Å². The molecule has 3 rings (SSSR count). The van der Waals surface area contributed by atoms with Gasteiger partial charge in [0.1, 0.15) is 0 Å². The van der Waals surface area contributed by atoms with Crippen LogP contribution < -0.4 is 5.73 Å². The lowest BCUT2D eigenvalue weighted by molar-refractivity contribution is -0.132. The number of nitrogens with two attached hydrogens (primary N) is 1. The van der Waals surface area contributed by atoms with Crippen molar-refractivity contribution in [2.75, 3.05) is 26.2 Å². The quantitative estimate of drug-likeness (QED) is 0.854. The van der Waals surface area contributed by atoms with E-state index < -0.39 is 10.0 Å². The molecule has 7 heteroatoms. The summed E-state index contributed by atoms with van der Waals surface area (Å²) in [6.07, 6.45) is 4.68. The van der Waals surface area contributed by atoms with Crippen molar-refractivity contribution in [1.29, 1.82) is 0 Å². The number of nitrogens with zero attached hydrogens (tertiary/aromatic N) is 2. The van der Waals surface area contributed by atoms with Gasteiger partial charge in [-0.25, -0.2) is 8.42 Å². The van der Waals surface area contributed by atoms with Crippen molar-refractivity contribution in [3.05, 3.63) is 29.8 Å². The topological polar surface area (TPSA) is 83.7 Å². The average Bonchev–Trinajstić information content (AvgIpc) is 3.16. The molecule has 0 aliphatic carbocycles. The van der Waals surface area contributed by atoms with E-state index in [2.05, 4.69) is 0 Å². The zero-order valence-electron chi connectivity index (χ0n) is 14.6. The van der Waals surface area contributed by atoms with Gasteiger partial charge in [0.15, 0.2) is 0 Å². The molecule has 2 saturated heterocycles. The Hall–Kier alpha value is -1.44. The number of rotatable bonds is 5. The van der Waals surface area contributed by atoms with Crippen molar-refractivity contribution in [2.45, 2.75) is 49.5 Å². The first-order chi connectivity index (χ1) is 12.0.